The van der Waals surface area contributed by atoms with Gasteiger partial charge in [-0.25, -0.2) is 4.79 Å². The Morgan fingerprint density at radius 3 is 2.69 bits per heavy atom. The lowest BCUT2D eigenvalue weighted by Crippen LogP contribution is -2.56. The van der Waals surface area contributed by atoms with Gasteiger partial charge in [0.2, 0.25) is 0 Å². The summed E-state index contributed by atoms with van der Waals surface area (Å²) in [4.78, 5) is 16.5. The number of anilines is 1. The number of carbonyl (C=O) groups is 1. The molecule has 138 valence electrons. The maximum Gasteiger partial charge on any atom is 0.319 e. The third-order valence-corrected chi connectivity index (χ3v) is 6.56. The van der Waals surface area contributed by atoms with Gasteiger partial charge in [0, 0.05) is 40.3 Å². The number of piperidine rings is 2. The second-order valence-electron chi connectivity index (χ2n) is 7.27. The molecule has 3 heterocycles. The van der Waals surface area contributed by atoms with Gasteiger partial charge in [0.05, 0.1) is 0 Å². The Bertz CT molecular complexity index is 737. The predicted octanol–water partition coefficient (Wildman–Crippen LogP) is 5.11. The lowest BCUT2D eigenvalue weighted by atomic mass is 9.81. The summed E-state index contributed by atoms with van der Waals surface area (Å²) in [6, 6.07) is 12.9. The minimum atomic E-state index is -0.137. The van der Waals surface area contributed by atoms with Crippen molar-refractivity contribution in [3.63, 3.8) is 0 Å². The molecule has 2 N–H and O–H groups in total. The van der Waals surface area contributed by atoms with Crippen LogP contribution in [0.5, 0.6) is 0 Å². The number of hydrogen-bond donors (Lipinski definition) is 2. The molecule has 2 atom stereocenters. The van der Waals surface area contributed by atoms with Gasteiger partial charge in [-0.05, 0) is 55.3 Å². The number of nitrogens with zero attached hydrogens (tertiary/aromatic N) is 1. The van der Waals surface area contributed by atoms with Gasteiger partial charge < -0.3 is 10.6 Å². The van der Waals surface area contributed by atoms with E-state index < -0.39 is 0 Å². The molecule has 1 aromatic heterocycles. The second kappa shape index (κ2) is 7.99. The number of urea groups is 1. The molecule has 2 aliphatic rings. The van der Waals surface area contributed by atoms with Crippen molar-refractivity contribution in [3.8, 4) is 0 Å². The molecule has 2 aromatic rings. The summed E-state index contributed by atoms with van der Waals surface area (Å²) in [5.41, 5.74) is 0.727. The molecule has 6 heteroatoms. The van der Waals surface area contributed by atoms with Crippen molar-refractivity contribution >= 4 is 34.7 Å². The normalized spacial score (nSPS) is 25.7. The van der Waals surface area contributed by atoms with Gasteiger partial charge in [-0.3, -0.25) is 4.90 Å². The molecule has 0 spiro atoms. The van der Waals surface area contributed by atoms with E-state index in [1.54, 1.807) is 12.1 Å². The van der Waals surface area contributed by atoms with Crippen molar-refractivity contribution in [3.05, 3.63) is 51.7 Å². The number of carbonyl (C=O) groups excluding carboxylic acids is 1. The molecule has 4 nitrogen and oxygen atoms in total. The molecule has 0 saturated carbocycles. The van der Waals surface area contributed by atoms with Crippen molar-refractivity contribution in [1.29, 1.82) is 0 Å². The first-order chi connectivity index (χ1) is 12.7. The van der Waals surface area contributed by atoms with Gasteiger partial charge in [-0.15, -0.1) is 11.3 Å². The number of rotatable bonds is 4. The van der Waals surface area contributed by atoms with Crippen LogP contribution in [-0.4, -0.2) is 29.1 Å². The summed E-state index contributed by atoms with van der Waals surface area (Å²) in [6.45, 7) is 1.05. The molecule has 0 radical (unpaired) electrons. The van der Waals surface area contributed by atoms with E-state index in [2.05, 4.69) is 33.0 Å². The van der Waals surface area contributed by atoms with Gasteiger partial charge in [-0.1, -0.05) is 30.2 Å². The zero-order valence-electron chi connectivity index (χ0n) is 14.7. The largest absolute Gasteiger partial charge is 0.335 e. The quantitative estimate of drug-likeness (QED) is 0.763. The lowest BCUT2D eigenvalue weighted by Gasteiger charge is -2.48. The predicted molar refractivity (Wildman–Crippen MR) is 108 cm³/mol. The Labute approximate surface area is 163 Å². The summed E-state index contributed by atoms with van der Waals surface area (Å²) in [5, 5.41) is 8.85. The molecule has 0 aliphatic carbocycles. The first-order valence-electron chi connectivity index (χ1n) is 9.28. The third kappa shape index (κ3) is 4.22. The average molecular weight is 390 g/mol. The fourth-order valence-corrected chi connectivity index (χ4v) is 5.26. The Kier molecular flexibility index (Phi) is 5.48. The van der Waals surface area contributed by atoms with Gasteiger partial charge in [0.25, 0.3) is 0 Å². The van der Waals surface area contributed by atoms with Crippen molar-refractivity contribution in [2.24, 2.45) is 0 Å². The summed E-state index contributed by atoms with van der Waals surface area (Å²) in [5.74, 6) is 0. The highest BCUT2D eigenvalue weighted by atomic mass is 35.5. The number of fused-ring (bicyclic) bond motifs is 2. The van der Waals surface area contributed by atoms with Crippen LogP contribution in [0.25, 0.3) is 0 Å². The number of benzene rings is 1. The maximum atomic E-state index is 12.4. The zero-order valence-corrected chi connectivity index (χ0v) is 16.2. The Balaban J connectivity index is 1.35. The van der Waals surface area contributed by atoms with E-state index in [0.717, 1.165) is 25.1 Å². The molecule has 26 heavy (non-hydrogen) atoms. The van der Waals surface area contributed by atoms with E-state index >= 15 is 0 Å². The highest BCUT2D eigenvalue weighted by Gasteiger charge is 2.38. The number of nitrogens with one attached hydrogen (secondary N) is 2. The minimum absolute atomic E-state index is 0.137. The van der Waals surface area contributed by atoms with Crippen LogP contribution in [-0.2, 0) is 6.54 Å². The number of halogens is 1. The number of amides is 2. The third-order valence-electron chi connectivity index (χ3n) is 5.46. The maximum absolute atomic E-state index is 12.4. The van der Waals surface area contributed by atoms with Gasteiger partial charge in [0.1, 0.15) is 0 Å². The van der Waals surface area contributed by atoms with E-state index in [4.69, 9.17) is 11.6 Å². The zero-order chi connectivity index (χ0) is 17.9. The highest BCUT2D eigenvalue weighted by molar-refractivity contribution is 7.09. The Morgan fingerprint density at radius 1 is 1.19 bits per heavy atom. The van der Waals surface area contributed by atoms with E-state index in [0.29, 0.717) is 17.1 Å². The van der Waals surface area contributed by atoms with Gasteiger partial charge >= 0.3 is 6.03 Å². The number of thiophene rings is 1. The SMILES string of the molecule is O=C(Nc1cccc(Cl)c1)NC1C[C@H]2CCC[C@H](C1)N2Cc1cccs1. The minimum Gasteiger partial charge on any atom is -0.335 e. The summed E-state index contributed by atoms with van der Waals surface area (Å²) in [6.07, 6.45) is 5.83. The summed E-state index contributed by atoms with van der Waals surface area (Å²) < 4.78 is 0. The standard InChI is InChI=1S/C20H24ClN3OS/c21-14-4-1-5-15(10-14)22-20(25)23-16-11-17-6-2-7-18(12-16)24(17)13-19-8-3-9-26-19/h1,3-5,8-10,16-18H,2,6-7,11-13H2,(H2,22,23,25)/t17-,18-/m1/s1. The first kappa shape index (κ1) is 17.8. The van der Waals surface area contributed by atoms with E-state index in [1.807, 2.05) is 23.5 Å². The molecule has 2 bridgehead atoms. The van der Waals surface area contributed by atoms with Crippen molar-refractivity contribution in [2.75, 3.05) is 5.32 Å². The number of hydrogen-bond acceptors (Lipinski definition) is 3. The molecule has 4 rings (SSSR count). The topological polar surface area (TPSA) is 44.4 Å². The van der Waals surface area contributed by atoms with Crippen LogP contribution in [0.3, 0.4) is 0 Å². The molecule has 2 saturated heterocycles. The van der Waals surface area contributed by atoms with Crippen LogP contribution in [0.2, 0.25) is 5.02 Å². The van der Waals surface area contributed by atoms with Crippen molar-refractivity contribution in [1.82, 2.24) is 10.2 Å². The van der Waals surface area contributed by atoms with Gasteiger partial charge in [0.15, 0.2) is 0 Å². The monoisotopic (exact) mass is 389 g/mol. The van der Waals surface area contributed by atoms with Crippen LogP contribution < -0.4 is 10.6 Å². The Morgan fingerprint density at radius 2 is 2.00 bits per heavy atom. The Hall–Kier alpha value is -1.56. The van der Waals surface area contributed by atoms with E-state index in [9.17, 15) is 4.79 Å². The molecule has 2 amide bonds. The summed E-state index contributed by atoms with van der Waals surface area (Å²) >= 11 is 7.82. The molecular weight excluding hydrogens is 366 g/mol. The highest BCUT2D eigenvalue weighted by Crippen LogP contribution is 2.35. The van der Waals surface area contributed by atoms with Crippen molar-refractivity contribution in [2.45, 2.75) is 56.8 Å². The van der Waals surface area contributed by atoms with Crippen LogP contribution in [0.4, 0.5) is 10.5 Å². The molecule has 2 fully saturated rings. The van der Waals surface area contributed by atoms with Crippen LogP contribution >= 0.6 is 22.9 Å². The van der Waals surface area contributed by atoms with Crippen LogP contribution in [0, 0.1) is 0 Å². The van der Waals surface area contributed by atoms with Crippen LogP contribution in [0.1, 0.15) is 37.0 Å². The van der Waals surface area contributed by atoms with Crippen LogP contribution in [0.15, 0.2) is 41.8 Å². The molecule has 0 unspecified atom stereocenters. The lowest BCUT2D eigenvalue weighted by molar-refractivity contribution is 0.0208. The molecule has 1 aromatic carbocycles. The van der Waals surface area contributed by atoms with Gasteiger partial charge in [-0.2, -0.15) is 0 Å². The smallest absolute Gasteiger partial charge is 0.319 e. The second-order valence-corrected chi connectivity index (χ2v) is 8.74. The fraction of sp³-hybridized carbons (Fsp3) is 0.450. The van der Waals surface area contributed by atoms with Crippen molar-refractivity contribution < 1.29 is 4.79 Å². The van der Waals surface area contributed by atoms with E-state index in [-0.39, 0.29) is 12.1 Å². The average Bonchev–Trinajstić information content (AvgIpc) is 3.08. The molecule has 2 aliphatic heterocycles. The first-order valence-corrected chi connectivity index (χ1v) is 10.5. The molecular formula is C20H24ClN3OS. The fourth-order valence-electron chi connectivity index (χ4n) is 4.36. The summed E-state index contributed by atoms with van der Waals surface area (Å²) in [7, 11) is 0. The van der Waals surface area contributed by atoms with E-state index in [1.165, 1.54) is 24.1 Å².